The van der Waals surface area contributed by atoms with Crippen molar-refractivity contribution < 1.29 is 14.3 Å². The Hall–Kier alpha value is -0.710. The Morgan fingerprint density at radius 1 is 1.28 bits per heavy atom. The number of ether oxygens (including phenoxy) is 1. The first kappa shape index (κ1) is 13.7. The van der Waals surface area contributed by atoms with Gasteiger partial charge in [0.1, 0.15) is 6.04 Å². The van der Waals surface area contributed by atoms with Gasteiger partial charge in [-0.05, 0) is 44.8 Å². The summed E-state index contributed by atoms with van der Waals surface area (Å²) >= 11 is 1.73. The van der Waals surface area contributed by atoms with E-state index < -0.39 is 0 Å². The van der Waals surface area contributed by atoms with E-state index in [0.29, 0.717) is 13.2 Å². The summed E-state index contributed by atoms with van der Waals surface area (Å²) in [4.78, 5) is 26.1. The van der Waals surface area contributed by atoms with E-state index in [4.69, 9.17) is 4.74 Å². The van der Waals surface area contributed by atoms with Crippen molar-refractivity contribution in [1.82, 2.24) is 4.90 Å². The molecular formula is C13H21NO3S. The van der Waals surface area contributed by atoms with Gasteiger partial charge in [0.25, 0.3) is 0 Å². The van der Waals surface area contributed by atoms with E-state index in [0.717, 1.165) is 37.9 Å². The van der Waals surface area contributed by atoms with Gasteiger partial charge in [-0.3, -0.25) is 4.79 Å². The standard InChI is InChI=1S/C13H21NO3S/c1-2-17-13(16)10-6-3-4-8-14(10)12(15)11-7-5-9-18-11/h10-11H,2-9H2,1H3. The molecule has 18 heavy (non-hydrogen) atoms. The fourth-order valence-corrected chi connectivity index (χ4v) is 3.87. The lowest BCUT2D eigenvalue weighted by molar-refractivity contribution is -0.156. The topological polar surface area (TPSA) is 46.6 Å². The van der Waals surface area contributed by atoms with Crippen molar-refractivity contribution in [3.05, 3.63) is 0 Å². The Balaban J connectivity index is 2.02. The summed E-state index contributed by atoms with van der Waals surface area (Å²) in [6, 6.07) is -0.340. The number of hydrogen-bond acceptors (Lipinski definition) is 4. The minimum atomic E-state index is -0.340. The van der Waals surface area contributed by atoms with Crippen LogP contribution in [0.2, 0.25) is 0 Å². The summed E-state index contributed by atoms with van der Waals surface area (Å²) < 4.78 is 5.08. The Bertz CT molecular complexity index is 315. The average molecular weight is 271 g/mol. The molecule has 0 N–H and O–H groups in total. The number of rotatable bonds is 3. The average Bonchev–Trinajstić information content (AvgIpc) is 2.92. The molecule has 4 nitrogen and oxygen atoms in total. The van der Waals surface area contributed by atoms with Gasteiger partial charge in [0.15, 0.2) is 0 Å². The largest absolute Gasteiger partial charge is 0.464 e. The minimum absolute atomic E-state index is 0.0695. The first-order valence-electron chi connectivity index (χ1n) is 6.82. The van der Waals surface area contributed by atoms with Gasteiger partial charge in [-0.2, -0.15) is 0 Å². The first-order valence-corrected chi connectivity index (χ1v) is 7.87. The van der Waals surface area contributed by atoms with Gasteiger partial charge in [-0.15, -0.1) is 11.8 Å². The van der Waals surface area contributed by atoms with Crippen LogP contribution >= 0.6 is 11.8 Å². The van der Waals surface area contributed by atoms with E-state index in [1.807, 2.05) is 0 Å². The number of nitrogens with zero attached hydrogens (tertiary/aromatic N) is 1. The van der Waals surface area contributed by atoms with Crippen LogP contribution in [0.25, 0.3) is 0 Å². The highest BCUT2D eigenvalue weighted by Gasteiger charge is 2.37. The molecule has 5 heteroatoms. The van der Waals surface area contributed by atoms with E-state index in [-0.39, 0.29) is 23.2 Å². The molecule has 2 unspecified atom stereocenters. The van der Waals surface area contributed by atoms with Gasteiger partial charge in [-0.1, -0.05) is 0 Å². The Morgan fingerprint density at radius 3 is 2.78 bits per heavy atom. The second-order valence-electron chi connectivity index (χ2n) is 4.80. The second-order valence-corrected chi connectivity index (χ2v) is 6.11. The summed E-state index contributed by atoms with van der Waals surface area (Å²) in [6.07, 6.45) is 4.82. The lowest BCUT2D eigenvalue weighted by Crippen LogP contribution is -2.51. The maximum Gasteiger partial charge on any atom is 0.328 e. The number of amides is 1. The highest BCUT2D eigenvalue weighted by atomic mass is 32.2. The van der Waals surface area contributed by atoms with Crippen LogP contribution in [-0.4, -0.2) is 47.0 Å². The molecule has 2 aliphatic heterocycles. The summed E-state index contributed by atoms with van der Waals surface area (Å²) in [6.45, 7) is 2.90. The van der Waals surface area contributed by atoms with Gasteiger partial charge < -0.3 is 9.64 Å². The molecule has 0 aliphatic carbocycles. The van der Waals surface area contributed by atoms with Gasteiger partial charge in [0, 0.05) is 6.54 Å². The zero-order valence-electron chi connectivity index (χ0n) is 10.9. The van der Waals surface area contributed by atoms with Crippen LogP contribution in [0.3, 0.4) is 0 Å². The molecular weight excluding hydrogens is 250 g/mol. The Kier molecular flexibility index (Phi) is 4.92. The summed E-state index contributed by atoms with van der Waals surface area (Å²) in [5.41, 5.74) is 0. The Morgan fingerprint density at radius 2 is 2.11 bits per heavy atom. The molecule has 0 aromatic rings. The fourth-order valence-electron chi connectivity index (χ4n) is 2.64. The van der Waals surface area contributed by atoms with Crippen molar-refractivity contribution in [2.75, 3.05) is 18.9 Å². The van der Waals surface area contributed by atoms with Crippen molar-refractivity contribution in [3.8, 4) is 0 Å². The predicted molar refractivity (Wildman–Crippen MR) is 71.5 cm³/mol. The number of piperidine rings is 1. The van der Waals surface area contributed by atoms with E-state index in [1.165, 1.54) is 0 Å². The van der Waals surface area contributed by atoms with Crippen LogP contribution < -0.4 is 0 Å². The molecule has 0 bridgehead atoms. The third kappa shape index (κ3) is 2.99. The number of carbonyl (C=O) groups is 2. The zero-order valence-corrected chi connectivity index (χ0v) is 11.7. The lowest BCUT2D eigenvalue weighted by atomic mass is 10.0. The Labute approximate surface area is 112 Å². The molecule has 2 rings (SSSR count). The number of likely N-dealkylation sites (tertiary alicyclic amines) is 1. The van der Waals surface area contributed by atoms with Crippen molar-refractivity contribution in [2.45, 2.75) is 50.3 Å². The van der Waals surface area contributed by atoms with E-state index >= 15 is 0 Å². The minimum Gasteiger partial charge on any atom is -0.464 e. The van der Waals surface area contributed by atoms with Crippen LogP contribution in [0.5, 0.6) is 0 Å². The molecule has 0 spiro atoms. The number of thioether (sulfide) groups is 1. The lowest BCUT2D eigenvalue weighted by Gasteiger charge is -2.35. The summed E-state index contributed by atoms with van der Waals surface area (Å²) in [7, 11) is 0. The molecule has 2 aliphatic rings. The highest BCUT2D eigenvalue weighted by Crippen LogP contribution is 2.30. The predicted octanol–water partition coefficient (Wildman–Crippen LogP) is 1.83. The zero-order chi connectivity index (χ0) is 13.0. The van der Waals surface area contributed by atoms with E-state index in [1.54, 1.807) is 23.6 Å². The van der Waals surface area contributed by atoms with Crippen LogP contribution in [0.4, 0.5) is 0 Å². The number of esters is 1. The SMILES string of the molecule is CCOC(=O)C1CCCCN1C(=O)C1CCCS1. The first-order chi connectivity index (χ1) is 8.74. The smallest absolute Gasteiger partial charge is 0.328 e. The normalized spacial score (nSPS) is 28.2. The van der Waals surface area contributed by atoms with Crippen molar-refractivity contribution in [1.29, 1.82) is 0 Å². The van der Waals surface area contributed by atoms with Crippen molar-refractivity contribution in [3.63, 3.8) is 0 Å². The molecule has 0 saturated carbocycles. The molecule has 2 heterocycles. The van der Waals surface area contributed by atoms with Crippen molar-refractivity contribution in [2.24, 2.45) is 0 Å². The molecule has 1 amide bonds. The van der Waals surface area contributed by atoms with Crippen LogP contribution in [-0.2, 0) is 14.3 Å². The molecule has 2 saturated heterocycles. The molecule has 2 atom stereocenters. The molecule has 102 valence electrons. The van der Waals surface area contributed by atoms with E-state index in [2.05, 4.69) is 0 Å². The van der Waals surface area contributed by atoms with Crippen LogP contribution in [0, 0.1) is 0 Å². The van der Waals surface area contributed by atoms with Gasteiger partial charge in [0.2, 0.25) is 5.91 Å². The van der Waals surface area contributed by atoms with Gasteiger partial charge >= 0.3 is 5.97 Å². The third-order valence-corrected chi connectivity index (χ3v) is 4.91. The summed E-state index contributed by atoms with van der Waals surface area (Å²) in [5, 5.41) is 0.0695. The monoisotopic (exact) mass is 271 g/mol. The van der Waals surface area contributed by atoms with Crippen LogP contribution in [0.15, 0.2) is 0 Å². The quantitative estimate of drug-likeness (QED) is 0.735. The molecule has 0 aromatic carbocycles. The van der Waals surface area contributed by atoms with E-state index in [9.17, 15) is 9.59 Å². The van der Waals surface area contributed by atoms with Gasteiger partial charge in [0.05, 0.1) is 11.9 Å². The fraction of sp³-hybridized carbons (Fsp3) is 0.846. The van der Waals surface area contributed by atoms with Crippen molar-refractivity contribution >= 4 is 23.6 Å². The highest BCUT2D eigenvalue weighted by molar-refractivity contribution is 8.00. The second kappa shape index (κ2) is 6.45. The molecule has 2 fully saturated rings. The number of hydrogen-bond donors (Lipinski definition) is 0. The maximum atomic E-state index is 12.4. The third-order valence-electron chi connectivity index (χ3n) is 3.55. The maximum absolute atomic E-state index is 12.4. The molecule has 0 radical (unpaired) electrons. The van der Waals surface area contributed by atoms with Crippen LogP contribution in [0.1, 0.15) is 39.0 Å². The summed E-state index contributed by atoms with van der Waals surface area (Å²) in [5.74, 6) is 0.984. The number of carbonyl (C=O) groups excluding carboxylic acids is 2. The van der Waals surface area contributed by atoms with Gasteiger partial charge in [-0.25, -0.2) is 4.79 Å². The molecule has 0 aromatic heterocycles.